The fourth-order valence-electron chi connectivity index (χ4n) is 1.09. The monoisotopic (exact) mass is 269 g/mol. The van der Waals surface area contributed by atoms with Crippen molar-refractivity contribution in [2.75, 3.05) is 0 Å². The standard InChI is InChI=1S/C11H11NO5S/c1-8-2-4-9(5-3-8)18(16,17)12-10(13)6-7-11(14)15/h2-7H,1H3,(H,12,13)(H,14,15)/b7-6+. The Morgan fingerprint density at radius 2 is 1.72 bits per heavy atom. The third-order valence-electron chi connectivity index (χ3n) is 1.94. The summed E-state index contributed by atoms with van der Waals surface area (Å²) < 4.78 is 25.1. The molecule has 2 N–H and O–H groups in total. The zero-order valence-electron chi connectivity index (χ0n) is 9.45. The first-order valence-corrected chi connectivity index (χ1v) is 6.34. The van der Waals surface area contributed by atoms with Crippen molar-refractivity contribution in [3.05, 3.63) is 42.0 Å². The molecule has 0 saturated heterocycles. The third-order valence-corrected chi connectivity index (χ3v) is 3.31. The van der Waals surface area contributed by atoms with Crippen LogP contribution < -0.4 is 4.72 Å². The first-order valence-electron chi connectivity index (χ1n) is 4.86. The molecule has 1 rings (SSSR count). The van der Waals surface area contributed by atoms with Gasteiger partial charge in [-0.2, -0.15) is 0 Å². The Kier molecular flexibility index (Phi) is 4.22. The Bertz CT molecular complexity index is 586. The molecule has 0 radical (unpaired) electrons. The van der Waals surface area contributed by atoms with Crippen molar-refractivity contribution in [2.24, 2.45) is 0 Å². The van der Waals surface area contributed by atoms with Gasteiger partial charge in [-0.05, 0) is 19.1 Å². The summed E-state index contributed by atoms with van der Waals surface area (Å²) >= 11 is 0. The number of amides is 1. The summed E-state index contributed by atoms with van der Waals surface area (Å²) in [5.74, 6) is -2.35. The van der Waals surface area contributed by atoms with E-state index >= 15 is 0 Å². The van der Waals surface area contributed by atoms with E-state index in [0.717, 1.165) is 5.56 Å². The van der Waals surface area contributed by atoms with Crippen LogP contribution in [-0.2, 0) is 19.6 Å². The maximum absolute atomic E-state index is 11.7. The highest BCUT2D eigenvalue weighted by molar-refractivity contribution is 7.90. The molecule has 6 nitrogen and oxygen atoms in total. The number of aliphatic carboxylic acids is 1. The summed E-state index contributed by atoms with van der Waals surface area (Å²) in [5.41, 5.74) is 0.881. The van der Waals surface area contributed by atoms with Crippen molar-refractivity contribution in [3.8, 4) is 0 Å². The molecule has 0 spiro atoms. The SMILES string of the molecule is Cc1ccc(S(=O)(=O)NC(=O)/C=C/C(=O)O)cc1. The van der Waals surface area contributed by atoms with Gasteiger partial charge in [0, 0.05) is 12.2 Å². The number of carboxylic acid groups (broad SMARTS) is 1. The Hall–Kier alpha value is -2.15. The first-order chi connectivity index (χ1) is 8.31. The molecule has 96 valence electrons. The van der Waals surface area contributed by atoms with Gasteiger partial charge < -0.3 is 5.11 Å². The van der Waals surface area contributed by atoms with Gasteiger partial charge in [0.25, 0.3) is 15.9 Å². The fraction of sp³-hybridized carbons (Fsp3) is 0.0909. The van der Waals surface area contributed by atoms with Gasteiger partial charge in [-0.3, -0.25) is 4.79 Å². The predicted octanol–water partition coefficient (Wildman–Crippen LogP) is 0.441. The predicted molar refractivity (Wildman–Crippen MR) is 63.3 cm³/mol. The highest BCUT2D eigenvalue weighted by Gasteiger charge is 2.15. The van der Waals surface area contributed by atoms with E-state index < -0.39 is 21.9 Å². The Balaban J connectivity index is 2.86. The van der Waals surface area contributed by atoms with Crippen LogP contribution >= 0.6 is 0 Å². The van der Waals surface area contributed by atoms with Gasteiger partial charge in [0.05, 0.1) is 4.90 Å². The van der Waals surface area contributed by atoms with Gasteiger partial charge >= 0.3 is 5.97 Å². The van der Waals surface area contributed by atoms with E-state index in [1.165, 1.54) is 12.1 Å². The molecule has 0 aliphatic heterocycles. The number of aryl methyl sites for hydroxylation is 1. The molecule has 0 fully saturated rings. The second kappa shape index (κ2) is 5.46. The Labute approximate surface area is 104 Å². The van der Waals surface area contributed by atoms with Crippen molar-refractivity contribution in [3.63, 3.8) is 0 Å². The molecule has 0 aliphatic carbocycles. The summed E-state index contributed by atoms with van der Waals surface area (Å²) in [7, 11) is -3.97. The van der Waals surface area contributed by atoms with E-state index in [1.54, 1.807) is 23.8 Å². The number of rotatable bonds is 4. The maximum atomic E-state index is 11.7. The molecule has 7 heteroatoms. The van der Waals surface area contributed by atoms with Crippen LogP contribution in [0.1, 0.15) is 5.56 Å². The first kappa shape index (κ1) is 13.9. The Morgan fingerprint density at radius 1 is 1.17 bits per heavy atom. The smallest absolute Gasteiger partial charge is 0.328 e. The van der Waals surface area contributed by atoms with E-state index in [2.05, 4.69) is 0 Å². The number of nitrogens with one attached hydrogen (secondary N) is 1. The lowest BCUT2D eigenvalue weighted by atomic mass is 10.2. The second-order valence-electron chi connectivity index (χ2n) is 3.45. The largest absolute Gasteiger partial charge is 0.478 e. The summed E-state index contributed by atoms with van der Waals surface area (Å²) in [4.78, 5) is 21.3. The molecule has 1 amide bonds. The van der Waals surface area contributed by atoms with E-state index in [4.69, 9.17) is 5.11 Å². The van der Waals surface area contributed by atoms with Gasteiger partial charge in [-0.1, -0.05) is 17.7 Å². The number of hydrogen-bond donors (Lipinski definition) is 2. The molecular formula is C11H11NO5S. The average molecular weight is 269 g/mol. The zero-order chi connectivity index (χ0) is 13.8. The van der Waals surface area contributed by atoms with Crippen LogP contribution in [0, 0.1) is 6.92 Å². The Morgan fingerprint density at radius 3 is 2.22 bits per heavy atom. The van der Waals surface area contributed by atoms with Gasteiger partial charge in [0.15, 0.2) is 0 Å². The highest BCUT2D eigenvalue weighted by Crippen LogP contribution is 2.09. The molecule has 18 heavy (non-hydrogen) atoms. The number of sulfonamides is 1. The number of carbonyl (C=O) groups is 2. The topological polar surface area (TPSA) is 101 Å². The molecule has 0 heterocycles. The van der Waals surface area contributed by atoms with Crippen LogP contribution in [0.5, 0.6) is 0 Å². The molecule has 0 aliphatic rings. The molecule has 0 bridgehead atoms. The minimum absolute atomic E-state index is 0.0647. The minimum Gasteiger partial charge on any atom is -0.478 e. The van der Waals surface area contributed by atoms with Crippen LogP contribution in [0.25, 0.3) is 0 Å². The van der Waals surface area contributed by atoms with E-state index in [1.807, 2.05) is 0 Å². The summed E-state index contributed by atoms with van der Waals surface area (Å²) in [6.45, 7) is 1.80. The number of carboxylic acids is 1. The van der Waals surface area contributed by atoms with Crippen molar-refractivity contribution < 1.29 is 23.1 Å². The molecule has 0 atom stereocenters. The van der Waals surface area contributed by atoms with Crippen LogP contribution in [0.15, 0.2) is 41.3 Å². The van der Waals surface area contributed by atoms with E-state index in [9.17, 15) is 18.0 Å². The van der Waals surface area contributed by atoms with Crippen LogP contribution in [-0.4, -0.2) is 25.4 Å². The molecular weight excluding hydrogens is 258 g/mol. The van der Waals surface area contributed by atoms with Crippen LogP contribution in [0.4, 0.5) is 0 Å². The number of carbonyl (C=O) groups excluding carboxylic acids is 1. The summed E-state index contributed by atoms with van der Waals surface area (Å²) in [6, 6.07) is 5.88. The van der Waals surface area contributed by atoms with Crippen molar-refractivity contribution >= 4 is 21.9 Å². The molecule has 1 aromatic carbocycles. The fourth-order valence-corrected chi connectivity index (χ4v) is 2.03. The van der Waals surface area contributed by atoms with Gasteiger partial charge in [-0.25, -0.2) is 17.9 Å². The van der Waals surface area contributed by atoms with Crippen molar-refractivity contribution in [1.82, 2.24) is 4.72 Å². The molecule has 0 saturated carbocycles. The highest BCUT2D eigenvalue weighted by atomic mass is 32.2. The molecule has 1 aromatic rings. The second-order valence-corrected chi connectivity index (χ2v) is 5.14. The lowest BCUT2D eigenvalue weighted by molar-refractivity contribution is -0.131. The van der Waals surface area contributed by atoms with Crippen molar-refractivity contribution in [2.45, 2.75) is 11.8 Å². The van der Waals surface area contributed by atoms with E-state index in [0.29, 0.717) is 12.2 Å². The van der Waals surface area contributed by atoms with Gasteiger partial charge in [-0.15, -0.1) is 0 Å². The van der Waals surface area contributed by atoms with E-state index in [-0.39, 0.29) is 4.90 Å². The average Bonchev–Trinajstić information content (AvgIpc) is 2.26. The third kappa shape index (κ3) is 4.02. The normalized spacial score (nSPS) is 11.4. The number of benzene rings is 1. The lowest BCUT2D eigenvalue weighted by Crippen LogP contribution is -2.29. The summed E-state index contributed by atoms with van der Waals surface area (Å²) in [5, 5.41) is 8.29. The quantitative estimate of drug-likeness (QED) is 0.772. The van der Waals surface area contributed by atoms with Gasteiger partial charge in [0.1, 0.15) is 0 Å². The summed E-state index contributed by atoms with van der Waals surface area (Å²) in [6.07, 6.45) is 1.19. The minimum atomic E-state index is -3.97. The maximum Gasteiger partial charge on any atom is 0.328 e. The number of hydrogen-bond acceptors (Lipinski definition) is 4. The van der Waals surface area contributed by atoms with Crippen molar-refractivity contribution in [1.29, 1.82) is 0 Å². The lowest BCUT2D eigenvalue weighted by Gasteiger charge is -2.04. The van der Waals surface area contributed by atoms with Gasteiger partial charge in [0.2, 0.25) is 0 Å². The van der Waals surface area contributed by atoms with Crippen LogP contribution in [0.2, 0.25) is 0 Å². The molecule has 0 aromatic heterocycles. The zero-order valence-corrected chi connectivity index (χ0v) is 10.3. The molecule has 0 unspecified atom stereocenters. The van der Waals surface area contributed by atoms with Crippen LogP contribution in [0.3, 0.4) is 0 Å².